The average molecular weight is 496 g/mol. The summed E-state index contributed by atoms with van der Waals surface area (Å²) in [6, 6.07) is 12.1. The molecule has 1 unspecified atom stereocenters. The molecule has 36 heavy (non-hydrogen) atoms. The fraction of sp³-hybridized carbons (Fsp3) is 0.393. The second-order valence-electron chi connectivity index (χ2n) is 9.59. The fourth-order valence-corrected chi connectivity index (χ4v) is 4.71. The molecule has 1 aliphatic heterocycles. The van der Waals surface area contributed by atoms with E-state index < -0.39 is 0 Å². The number of halogens is 2. The van der Waals surface area contributed by atoms with Gasteiger partial charge in [0.05, 0.1) is 5.69 Å². The Balaban J connectivity index is 1.70. The Morgan fingerprint density at radius 1 is 1.17 bits per heavy atom. The highest BCUT2D eigenvalue weighted by Gasteiger charge is 2.29. The summed E-state index contributed by atoms with van der Waals surface area (Å²) in [6.45, 7) is 4.23. The van der Waals surface area contributed by atoms with Crippen LogP contribution in [0.1, 0.15) is 72.8 Å². The zero-order valence-corrected chi connectivity index (χ0v) is 20.8. The number of hydrogen-bond donors (Lipinski definition) is 0. The first-order chi connectivity index (χ1) is 17.2. The van der Waals surface area contributed by atoms with Gasteiger partial charge in [0.1, 0.15) is 17.7 Å². The monoisotopic (exact) mass is 495 g/mol. The Labute approximate surface area is 209 Å². The fourth-order valence-electron chi connectivity index (χ4n) is 4.71. The Kier molecular flexibility index (Phi) is 7.82. The predicted molar refractivity (Wildman–Crippen MR) is 132 cm³/mol. The predicted octanol–water partition coefficient (Wildman–Crippen LogP) is 5.57. The molecule has 0 spiro atoms. The van der Waals surface area contributed by atoms with Crippen LogP contribution < -0.4 is 0 Å². The molecule has 0 aliphatic carbocycles. The molecule has 190 valence electrons. The number of rotatable bonds is 8. The molecular weight excluding hydrogens is 464 g/mol. The van der Waals surface area contributed by atoms with Crippen LogP contribution in [0.15, 0.2) is 48.5 Å². The minimum atomic E-state index is -0.364. The molecule has 0 N–H and O–H groups in total. The van der Waals surface area contributed by atoms with E-state index in [4.69, 9.17) is 9.84 Å². The first kappa shape index (κ1) is 25.5. The van der Waals surface area contributed by atoms with Crippen molar-refractivity contribution in [3.05, 3.63) is 82.7 Å². The second-order valence-corrected chi connectivity index (χ2v) is 9.59. The zero-order chi connectivity index (χ0) is 25.8. The van der Waals surface area contributed by atoms with Crippen molar-refractivity contribution in [1.29, 1.82) is 0 Å². The van der Waals surface area contributed by atoms with Gasteiger partial charge in [0.15, 0.2) is 5.69 Å². The van der Waals surface area contributed by atoms with Crippen molar-refractivity contribution in [2.75, 3.05) is 7.05 Å². The SMILES string of the molecule is CC(C)c1c(C(=O)N(C)Cc2cccc(F)c2)nn(-c2ccc(F)cc2)c1CCC1CCCC(=O)O1. The Morgan fingerprint density at radius 2 is 1.92 bits per heavy atom. The van der Waals surface area contributed by atoms with Crippen molar-refractivity contribution >= 4 is 11.9 Å². The molecule has 2 aromatic carbocycles. The van der Waals surface area contributed by atoms with Crippen LogP contribution in [0.3, 0.4) is 0 Å². The summed E-state index contributed by atoms with van der Waals surface area (Å²) in [5, 5.41) is 4.71. The van der Waals surface area contributed by atoms with Gasteiger partial charge in [0, 0.05) is 31.3 Å². The van der Waals surface area contributed by atoms with E-state index in [-0.39, 0.29) is 42.1 Å². The van der Waals surface area contributed by atoms with Crippen LogP contribution in [0.5, 0.6) is 0 Å². The lowest BCUT2D eigenvalue weighted by Gasteiger charge is -2.23. The average Bonchev–Trinajstić information content (AvgIpc) is 3.22. The lowest BCUT2D eigenvalue weighted by molar-refractivity contribution is -0.153. The first-order valence-electron chi connectivity index (χ1n) is 12.3. The maximum atomic E-state index is 13.7. The number of nitrogens with zero attached hydrogens (tertiary/aromatic N) is 3. The quantitative estimate of drug-likeness (QED) is 0.383. The van der Waals surface area contributed by atoms with E-state index in [1.807, 2.05) is 13.8 Å². The standard InChI is InChI=1S/C28H31F2N3O3/c1-18(2)26-24(15-14-23-8-5-9-25(34)36-23)33(22-12-10-20(29)11-13-22)31-27(26)28(35)32(3)17-19-6-4-7-21(30)16-19/h4,6-7,10-13,16,18,23H,5,8-9,14-15,17H2,1-3H3. The number of carbonyl (C=O) groups excluding carboxylic acids is 2. The lowest BCUT2D eigenvalue weighted by atomic mass is 9.95. The number of benzene rings is 2. The lowest BCUT2D eigenvalue weighted by Crippen LogP contribution is -2.27. The number of carbonyl (C=O) groups is 2. The van der Waals surface area contributed by atoms with Crippen molar-refractivity contribution in [2.24, 2.45) is 0 Å². The number of ether oxygens (including phenoxy) is 1. The van der Waals surface area contributed by atoms with Gasteiger partial charge in [0.25, 0.3) is 5.91 Å². The molecule has 0 saturated carbocycles. The minimum absolute atomic E-state index is 0.0235. The highest BCUT2D eigenvalue weighted by molar-refractivity contribution is 5.94. The summed E-state index contributed by atoms with van der Waals surface area (Å²) >= 11 is 0. The van der Waals surface area contributed by atoms with E-state index in [9.17, 15) is 18.4 Å². The Morgan fingerprint density at radius 3 is 2.58 bits per heavy atom. The number of hydrogen-bond acceptors (Lipinski definition) is 4. The van der Waals surface area contributed by atoms with Gasteiger partial charge >= 0.3 is 5.97 Å². The van der Waals surface area contributed by atoms with Gasteiger partial charge in [-0.05, 0) is 73.6 Å². The zero-order valence-electron chi connectivity index (χ0n) is 20.8. The van der Waals surface area contributed by atoms with E-state index in [1.54, 1.807) is 36.0 Å². The summed E-state index contributed by atoms with van der Waals surface area (Å²) < 4.78 is 34.5. The summed E-state index contributed by atoms with van der Waals surface area (Å²) in [4.78, 5) is 26.9. The molecule has 6 nitrogen and oxygen atoms in total. The molecule has 2 heterocycles. The number of cyclic esters (lactones) is 1. The molecular formula is C28H31F2N3O3. The maximum absolute atomic E-state index is 13.7. The van der Waals surface area contributed by atoms with Gasteiger partial charge in [-0.25, -0.2) is 13.5 Å². The molecule has 1 aromatic heterocycles. The van der Waals surface area contributed by atoms with Crippen molar-refractivity contribution in [3.63, 3.8) is 0 Å². The van der Waals surface area contributed by atoms with E-state index in [2.05, 4.69) is 0 Å². The van der Waals surface area contributed by atoms with Crippen molar-refractivity contribution in [3.8, 4) is 5.69 Å². The third-order valence-electron chi connectivity index (χ3n) is 6.44. The van der Waals surface area contributed by atoms with E-state index in [1.165, 1.54) is 29.2 Å². The summed E-state index contributed by atoms with van der Waals surface area (Å²) in [6.07, 6.45) is 3.00. The third kappa shape index (κ3) is 5.80. The van der Waals surface area contributed by atoms with E-state index in [0.29, 0.717) is 36.2 Å². The highest BCUT2D eigenvalue weighted by Crippen LogP contribution is 2.30. The molecule has 1 saturated heterocycles. The Bertz CT molecular complexity index is 1240. The van der Waals surface area contributed by atoms with Crippen LogP contribution in [0, 0.1) is 11.6 Å². The molecule has 8 heteroatoms. The second kappa shape index (κ2) is 11.0. The third-order valence-corrected chi connectivity index (χ3v) is 6.44. The van der Waals surface area contributed by atoms with Crippen molar-refractivity contribution in [1.82, 2.24) is 14.7 Å². The van der Waals surface area contributed by atoms with Crippen LogP contribution in [0.25, 0.3) is 5.69 Å². The first-order valence-corrected chi connectivity index (χ1v) is 12.3. The largest absolute Gasteiger partial charge is 0.462 e. The number of aromatic nitrogens is 2. The maximum Gasteiger partial charge on any atom is 0.306 e. The van der Waals surface area contributed by atoms with Gasteiger partial charge in [0.2, 0.25) is 0 Å². The van der Waals surface area contributed by atoms with Crippen LogP contribution >= 0.6 is 0 Å². The van der Waals surface area contributed by atoms with Crippen LogP contribution in [-0.2, 0) is 22.5 Å². The number of esters is 1. The Hall–Kier alpha value is -3.55. The summed E-state index contributed by atoms with van der Waals surface area (Å²) in [5.74, 6) is -1.21. The molecule has 1 atom stereocenters. The summed E-state index contributed by atoms with van der Waals surface area (Å²) in [5.41, 5.74) is 3.26. The molecule has 3 aromatic rings. The van der Waals surface area contributed by atoms with E-state index in [0.717, 1.165) is 24.1 Å². The normalized spacial score (nSPS) is 15.7. The molecule has 0 bridgehead atoms. The van der Waals surface area contributed by atoms with Crippen LogP contribution in [0.2, 0.25) is 0 Å². The van der Waals surface area contributed by atoms with Gasteiger partial charge < -0.3 is 9.64 Å². The highest BCUT2D eigenvalue weighted by atomic mass is 19.1. The van der Waals surface area contributed by atoms with Gasteiger partial charge in [-0.1, -0.05) is 26.0 Å². The topological polar surface area (TPSA) is 64.4 Å². The minimum Gasteiger partial charge on any atom is -0.462 e. The van der Waals surface area contributed by atoms with Gasteiger partial charge in [-0.15, -0.1) is 0 Å². The molecule has 1 amide bonds. The molecule has 0 radical (unpaired) electrons. The molecule has 1 aliphatic rings. The van der Waals surface area contributed by atoms with Gasteiger partial charge in [-0.3, -0.25) is 9.59 Å². The van der Waals surface area contributed by atoms with E-state index >= 15 is 0 Å². The summed E-state index contributed by atoms with van der Waals surface area (Å²) in [7, 11) is 1.66. The van der Waals surface area contributed by atoms with Crippen molar-refractivity contribution in [2.45, 2.75) is 64.5 Å². The van der Waals surface area contributed by atoms with Crippen LogP contribution in [0.4, 0.5) is 8.78 Å². The van der Waals surface area contributed by atoms with Gasteiger partial charge in [-0.2, -0.15) is 5.10 Å². The van der Waals surface area contributed by atoms with Crippen molar-refractivity contribution < 1.29 is 23.1 Å². The van der Waals surface area contributed by atoms with Crippen LogP contribution in [-0.4, -0.2) is 39.7 Å². The molecule has 1 fully saturated rings. The number of amides is 1. The smallest absolute Gasteiger partial charge is 0.306 e. The molecule has 4 rings (SSSR count).